The Morgan fingerprint density at radius 1 is 1.47 bits per heavy atom. The summed E-state index contributed by atoms with van der Waals surface area (Å²) in [6, 6.07) is 4.01. The fourth-order valence-corrected chi connectivity index (χ4v) is 1.52. The molecule has 1 heterocycles. The lowest BCUT2D eigenvalue weighted by molar-refractivity contribution is 0.0691. The molecule has 0 atom stereocenters. The van der Waals surface area contributed by atoms with Crippen LogP contribution in [0.4, 0.5) is 10.1 Å². The largest absolute Gasteiger partial charge is 0.477 e. The Hall–Kier alpha value is -2.04. The predicted molar refractivity (Wildman–Crippen MR) is 54.8 cm³/mol. The maximum absolute atomic E-state index is 13.1. The van der Waals surface area contributed by atoms with E-state index in [4.69, 9.17) is 5.11 Å². The van der Waals surface area contributed by atoms with Crippen molar-refractivity contribution in [3.63, 3.8) is 0 Å². The van der Waals surface area contributed by atoms with Gasteiger partial charge in [-0.05, 0) is 18.2 Å². The lowest BCUT2D eigenvalue weighted by Gasteiger charge is -2.01. The summed E-state index contributed by atoms with van der Waals surface area (Å²) < 4.78 is 13.1. The zero-order valence-corrected chi connectivity index (χ0v) is 7.97. The van der Waals surface area contributed by atoms with E-state index >= 15 is 0 Å². The van der Waals surface area contributed by atoms with Gasteiger partial charge in [-0.15, -0.1) is 0 Å². The van der Waals surface area contributed by atoms with E-state index in [-0.39, 0.29) is 5.69 Å². The summed E-state index contributed by atoms with van der Waals surface area (Å²) in [6.45, 7) is 0. The van der Waals surface area contributed by atoms with Gasteiger partial charge >= 0.3 is 5.97 Å². The molecule has 5 heteroatoms. The second kappa shape index (κ2) is 3.27. The fourth-order valence-electron chi connectivity index (χ4n) is 1.52. The summed E-state index contributed by atoms with van der Waals surface area (Å²) in [4.78, 5) is 13.4. The first-order valence-electron chi connectivity index (χ1n) is 4.35. The third-order valence-corrected chi connectivity index (χ3v) is 2.19. The average Bonchev–Trinajstić information content (AvgIpc) is 2.59. The van der Waals surface area contributed by atoms with Crippen LogP contribution in [0.5, 0.6) is 0 Å². The Balaban J connectivity index is 2.74. The summed E-state index contributed by atoms with van der Waals surface area (Å²) in [5, 5.41) is 12.1. The number of carboxylic acid groups (broad SMARTS) is 1. The molecular formula is C10H9FN2O2. The lowest BCUT2D eigenvalue weighted by atomic mass is 10.2. The number of aromatic carboxylic acids is 1. The van der Waals surface area contributed by atoms with Crippen molar-refractivity contribution in [2.45, 2.75) is 0 Å². The van der Waals surface area contributed by atoms with Gasteiger partial charge in [0.1, 0.15) is 11.5 Å². The number of fused-ring (bicyclic) bond motifs is 1. The third-order valence-electron chi connectivity index (χ3n) is 2.19. The van der Waals surface area contributed by atoms with Crippen molar-refractivity contribution in [1.82, 2.24) is 4.98 Å². The highest BCUT2D eigenvalue weighted by atomic mass is 19.1. The number of rotatable bonds is 2. The standard InChI is InChI=1S/C10H9FN2O2/c1-12-7-4-6(11)2-5-3-8(10(14)15)13-9(5)7/h2-4,12-13H,1H3,(H,14,15). The molecule has 0 radical (unpaired) electrons. The second-order valence-electron chi connectivity index (χ2n) is 3.16. The van der Waals surface area contributed by atoms with E-state index in [2.05, 4.69) is 10.3 Å². The van der Waals surface area contributed by atoms with Crippen LogP contribution in [0.15, 0.2) is 18.2 Å². The number of H-pyrrole nitrogens is 1. The first-order valence-corrected chi connectivity index (χ1v) is 4.35. The van der Waals surface area contributed by atoms with Gasteiger partial charge in [0.05, 0.1) is 11.2 Å². The maximum Gasteiger partial charge on any atom is 0.352 e. The van der Waals surface area contributed by atoms with Gasteiger partial charge in [-0.25, -0.2) is 9.18 Å². The van der Waals surface area contributed by atoms with E-state index in [1.165, 1.54) is 18.2 Å². The number of nitrogens with one attached hydrogen (secondary N) is 2. The van der Waals surface area contributed by atoms with Crippen LogP contribution in [0.3, 0.4) is 0 Å². The third kappa shape index (κ3) is 1.52. The predicted octanol–water partition coefficient (Wildman–Crippen LogP) is 2.05. The lowest BCUT2D eigenvalue weighted by Crippen LogP contribution is -1.95. The number of aromatic amines is 1. The number of anilines is 1. The van der Waals surface area contributed by atoms with Crippen molar-refractivity contribution in [2.24, 2.45) is 0 Å². The van der Waals surface area contributed by atoms with Crippen LogP contribution >= 0.6 is 0 Å². The Labute approximate surface area is 84.7 Å². The van der Waals surface area contributed by atoms with E-state index in [1.807, 2.05) is 0 Å². The summed E-state index contributed by atoms with van der Waals surface area (Å²) in [6.07, 6.45) is 0. The van der Waals surface area contributed by atoms with Crippen molar-refractivity contribution in [3.8, 4) is 0 Å². The number of hydrogen-bond acceptors (Lipinski definition) is 2. The van der Waals surface area contributed by atoms with E-state index in [1.54, 1.807) is 7.05 Å². The van der Waals surface area contributed by atoms with Gasteiger partial charge in [0.15, 0.2) is 0 Å². The number of hydrogen-bond donors (Lipinski definition) is 3. The molecule has 4 nitrogen and oxygen atoms in total. The molecule has 1 aromatic carbocycles. The summed E-state index contributed by atoms with van der Waals surface area (Å²) in [5.74, 6) is -1.46. The van der Waals surface area contributed by atoms with Crippen LogP contribution in [0.1, 0.15) is 10.5 Å². The smallest absolute Gasteiger partial charge is 0.352 e. The van der Waals surface area contributed by atoms with Crippen molar-refractivity contribution in [1.29, 1.82) is 0 Å². The normalized spacial score (nSPS) is 10.5. The van der Waals surface area contributed by atoms with Crippen LogP contribution in [-0.2, 0) is 0 Å². The van der Waals surface area contributed by atoms with Gasteiger partial charge in [-0.1, -0.05) is 0 Å². The molecule has 0 saturated heterocycles. The molecule has 78 valence electrons. The molecule has 2 rings (SSSR count). The summed E-state index contributed by atoms with van der Waals surface area (Å²) in [5.41, 5.74) is 1.18. The zero-order valence-electron chi connectivity index (χ0n) is 7.97. The van der Waals surface area contributed by atoms with Crippen molar-refractivity contribution >= 4 is 22.6 Å². The molecule has 3 N–H and O–H groups in total. The van der Waals surface area contributed by atoms with E-state index in [0.717, 1.165) is 0 Å². The van der Waals surface area contributed by atoms with Crippen molar-refractivity contribution in [3.05, 3.63) is 29.7 Å². The zero-order chi connectivity index (χ0) is 11.0. The molecule has 0 saturated carbocycles. The molecule has 0 unspecified atom stereocenters. The average molecular weight is 208 g/mol. The molecule has 1 aromatic heterocycles. The van der Waals surface area contributed by atoms with Crippen LogP contribution in [0, 0.1) is 5.82 Å². The monoisotopic (exact) mass is 208 g/mol. The highest BCUT2D eigenvalue weighted by Crippen LogP contribution is 2.25. The molecule has 0 fully saturated rings. The van der Waals surface area contributed by atoms with Gasteiger partial charge in [0, 0.05) is 12.4 Å². The van der Waals surface area contributed by atoms with Crippen molar-refractivity contribution in [2.75, 3.05) is 12.4 Å². The number of halogens is 1. The SMILES string of the molecule is CNc1cc(F)cc2cc(C(=O)O)[nH]c12. The van der Waals surface area contributed by atoms with Gasteiger partial charge in [0.25, 0.3) is 0 Å². The summed E-state index contributed by atoms with van der Waals surface area (Å²) >= 11 is 0. The van der Waals surface area contributed by atoms with Gasteiger partial charge in [0.2, 0.25) is 0 Å². The number of benzene rings is 1. The number of carbonyl (C=O) groups is 1. The molecule has 2 aromatic rings. The Kier molecular flexibility index (Phi) is 2.07. The van der Waals surface area contributed by atoms with E-state index in [0.29, 0.717) is 16.6 Å². The Morgan fingerprint density at radius 2 is 2.20 bits per heavy atom. The van der Waals surface area contributed by atoms with E-state index < -0.39 is 11.8 Å². The first kappa shape index (κ1) is 9.51. The van der Waals surface area contributed by atoms with Crippen LogP contribution < -0.4 is 5.32 Å². The minimum atomic E-state index is -1.06. The van der Waals surface area contributed by atoms with Gasteiger partial charge in [-0.2, -0.15) is 0 Å². The quantitative estimate of drug-likeness (QED) is 0.707. The minimum Gasteiger partial charge on any atom is -0.477 e. The molecule has 0 amide bonds. The van der Waals surface area contributed by atoms with Gasteiger partial charge < -0.3 is 15.4 Å². The highest BCUT2D eigenvalue weighted by Gasteiger charge is 2.10. The number of aromatic nitrogens is 1. The van der Waals surface area contributed by atoms with Crippen LogP contribution in [0.2, 0.25) is 0 Å². The molecule has 0 bridgehead atoms. The van der Waals surface area contributed by atoms with Crippen LogP contribution in [0.25, 0.3) is 10.9 Å². The second-order valence-corrected chi connectivity index (χ2v) is 3.16. The molecule has 0 spiro atoms. The van der Waals surface area contributed by atoms with E-state index in [9.17, 15) is 9.18 Å². The minimum absolute atomic E-state index is 0.0482. The Morgan fingerprint density at radius 3 is 2.80 bits per heavy atom. The topological polar surface area (TPSA) is 65.1 Å². The Bertz CT molecular complexity index is 533. The number of carboxylic acids is 1. The molecule has 0 aliphatic rings. The van der Waals surface area contributed by atoms with Crippen LogP contribution in [-0.4, -0.2) is 23.1 Å². The fraction of sp³-hybridized carbons (Fsp3) is 0.100. The first-order chi connectivity index (χ1) is 7.11. The molecule has 0 aliphatic carbocycles. The molecule has 0 aliphatic heterocycles. The molecule has 15 heavy (non-hydrogen) atoms. The van der Waals surface area contributed by atoms with Crippen molar-refractivity contribution < 1.29 is 14.3 Å². The van der Waals surface area contributed by atoms with Gasteiger partial charge in [-0.3, -0.25) is 0 Å². The highest BCUT2D eigenvalue weighted by molar-refractivity contribution is 5.98. The molecular weight excluding hydrogens is 199 g/mol. The summed E-state index contributed by atoms with van der Waals surface area (Å²) in [7, 11) is 1.65. The maximum atomic E-state index is 13.1.